The Morgan fingerprint density at radius 3 is 2.56 bits per heavy atom. The molecule has 2 fully saturated rings. The van der Waals surface area contributed by atoms with Gasteiger partial charge in [0.05, 0.1) is 10.7 Å². The van der Waals surface area contributed by atoms with Gasteiger partial charge in [0.15, 0.2) is 0 Å². The second kappa shape index (κ2) is 13.9. The first-order valence-corrected chi connectivity index (χ1v) is 16.9. The number of halogens is 3. The number of carboxylic acid groups (broad SMARTS) is 1. The lowest BCUT2D eigenvalue weighted by Crippen LogP contribution is -2.47. The van der Waals surface area contributed by atoms with Crippen LogP contribution in [0.15, 0.2) is 42.5 Å². The maximum absolute atomic E-state index is 14.3. The molecular weight excluding hydrogens is 604 g/mol. The third-order valence-corrected chi connectivity index (χ3v) is 11.4. The van der Waals surface area contributed by atoms with Crippen molar-refractivity contribution < 1.29 is 14.3 Å². The minimum Gasteiger partial charge on any atom is -0.480 e. The van der Waals surface area contributed by atoms with E-state index in [0.29, 0.717) is 28.3 Å². The number of nitrogens with zero attached hydrogens (tertiary/aromatic N) is 3. The summed E-state index contributed by atoms with van der Waals surface area (Å²) in [6.07, 6.45) is 4.63. The van der Waals surface area contributed by atoms with Crippen molar-refractivity contribution in [1.82, 2.24) is 14.8 Å². The average molecular weight is 647 g/mol. The minimum absolute atomic E-state index is 0.00656. The van der Waals surface area contributed by atoms with Gasteiger partial charge in [0.2, 0.25) is 0 Å². The third-order valence-electron chi connectivity index (χ3n) is 9.53. The summed E-state index contributed by atoms with van der Waals surface area (Å²) in [4.78, 5) is 23.0. The van der Waals surface area contributed by atoms with Gasteiger partial charge in [-0.1, -0.05) is 55.2 Å². The fourth-order valence-corrected chi connectivity index (χ4v) is 9.12. The van der Waals surface area contributed by atoms with Crippen LogP contribution in [0.25, 0.3) is 0 Å². The molecule has 1 aliphatic carbocycles. The van der Waals surface area contributed by atoms with E-state index in [0.717, 1.165) is 67.1 Å². The highest BCUT2D eigenvalue weighted by atomic mass is 35.5. The van der Waals surface area contributed by atoms with Gasteiger partial charge in [-0.2, -0.15) is 0 Å². The molecule has 1 aliphatic heterocycles. The number of carbonyl (C=O) groups is 1. The molecule has 1 saturated carbocycles. The van der Waals surface area contributed by atoms with Crippen LogP contribution in [0.5, 0.6) is 0 Å². The van der Waals surface area contributed by atoms with E-state index < -0.39 is 12.0 Å². The molecule has 0 spiro atoms. The SMILES string of the molecule is Cc1nc(Cc2ccc(Cl)cc2Cl)sc1C1CCN(CC2CC(N(C)[C@@H](C(=O)O)C(C)C)CC2c2cccc(F)c2)CC1. The number of aryl methyl sites for hydroxylation is 1. The van der Waals surface area contributed by atoms with Gasteiger partial charge in [-0.25, -0.2) is 9.37 Å². The molecule has 1 aromatic heterocycles. The molecule has 232 valence electrons. The maximum atomic E-state index is 14.3. The molecule has 2 heterocycles. The van der Waals surface area contributed by atoms with E-state index >= 15 is 0 Å². The second-order valence-corrected chi connectivity index (χ2v) is 14.7. The summed E-state index contributed by atoms with van der Waals surface area (Å²) in [6.45, 7) is 9.02. The highest BCUT2D eigenvalue weighted by Crippen LogP contribution is 2.44. The predicted octanol–water partition coefficient (Wildman–Crippen LogP) is 8.27. The maximum Gasteiger partial charge on any atom is 0.321 e. The summed E-state index contributed by atoms with van der Waals surface area (Å²) >= 11 is 14.3. The predicted molar refractivity (Wildman–Crippen MR) is 174 cm³/mol. The largest absolute Gasteiger partial charge is 0.480 e. The van der Waals surface area contributed by atoms with Crippen molar-refractivity contribution in [2.45, 2.75) is 76.8 Å². The van der Waals surface area contributed by atoms with Crippen LogP contribution in [-0.4, -0.2) is 64.6 Å². The van der Waals surface area contributed by atoms with Gasteiger partial charge in [0.1, 0.15) is 11.9 Å². The van der Waals surface area contributed by atoms with Gasteiger partial charge in [-0.15, -0.1) is 11.3 Å². The second-order valence-electron chi connectivity index (χ2n) is 12.8. The number of hydrogen-bond acceptors (Lipinski definition) is 5. The Balaban J connectivity index is 1.25. The van der Waals surface area contributed by atoms with E-state index in [2.05, 4.69) is 16.7 Å². The normalized spacial score (nSPS) is 22.5. The molecule has 3 unspecified atom stereocenters. The third kappa shape index (κ3) is 7.62. The lowest BCUT2D eigenvalue weighted by Gasteiger charge is -2.35. The van der Waals surface area contributed by atoms with Crippen LogP contribution in [0.4, 0.5) is 4.39 Å². The molecule has 5 nitrogen and oxygen atoms in total. The molecule has 5 rings (SSSR count). The molecule has 0 radical (unpaired) electrons. The lowest BCUT2D eigenvalue weighted by atomic mass is 9.87. The van der Waals surface area contributed by atoms with Gasteiger partial charge in [0.25, 0.3) is 0 Å². The lowest BCUT2D eigenvalue weighted by molar-refractivity contribution is -0.145. The van der Waals surface area contributed by atoms with Crippen LogP contribution in [-0.2, 0) is 11.2 Å². The summed E-state index contributed by atoms with van der Waals surface area (Å²) in [5.74, 6) is 0.0565. The van der Waals surface area contributed by atoms with Gasteiger partial charge in [-0.05, 0) is 112 Å². The zero-order valence-corrected chi connectivity index (χ0v) is 27.7. The first-order chi connectivity index (χ1) is 20.5. The Morgan fingerprint density at radius 1 is 1.16 bits per heavy atom. The van der Waals surface area contributed by atoms with E-state index in [9.17, 15) is 14.3 Å². The number of carboxylic acids is 1. The number of benzene rings is 2. The molecule has 1 saturated heterocycles. The zero-order chi connectivity index (χ0) is 30.8. The van der Waals surface area contributed by atoms with Crippen LogP contribution in [0.1, 0.15) is 78.1 Å². The van der Waals surface area contributed by atoms with Crippen molar-refractivity contribution in [2.75, 3.05) is 26.7 Å². The molecule has 1 N–H and O–H groups in total. The summed E-state index contributed by atoms with van der Waals surface area (Å²) in [6, 6.07) is 12.3. The monoisotopic (exact) mass is 645 g/mol. The van der Waals surface area contributed by atoms with Crippen molar-refractivity contribution in [3.63, 3.8) is 0 Å². The number of likely N-dealkylation sites (N-methyl/N-ethyl adjacent to an activating group) is 1. The number of piperidine rings is 1. The zero-order valence-electron chi connectivity index (χ0n) is 25.4. The summed E-state index contributed by atoms with van der Waals surface area (Å²) in [5.41, 5.74) is 3.19. The van der Waals surface area contributed by atoms with E-state index in [1.165, 1.54) is 10.9 Å². The van der Waals surface area contributed by atoms with E-state index in [-0.39, 0.29) is 23.7 Å². The number of rotatable bonds is 10. The number of aromatic nitrogens is 1. The van der Waals surface area contributed by atoms with Crippen molar-refractivity contribution >= 4 is 40.5 Å². The molecule has 0 bridgehead atoms. The Morgan fingerprint density at radius 2 is 1.91 bits per heavy atom. The van der Waals surface area contributed by atoms with Gasteiger partial charge < -0.3 is 10.0 Å². The molecule has 2 aliphatic rings. The van der Waals surface area contributed by atoms with E-state index in [1.54, 1.807) is 18.2 Å². The van der Waals surface area contributed by atoms with Crippen molar-refractivity contribution in [1.29, 1.82) is 0 Å². The van der Waals surface area contributed by atoms with Gasteiger partial charge in [0, 0.05) is 33.9 Å². The van der Waals surface area contributed by atoms with Crippen molar-refractivity contribution in [2.24, 2.45) is 11.8 Å². The average Bonchev–Trinajstić information content (AvgIpc) is 3.53. The van der Waals surface area contributed by atoms with Gasteiger partial charge in [-0.3, -0.25) is 9.69 Å². The smallest absolute Gasteiger partial charge is 0.321 e. The molecule has 43 heavy (non-hydrogen) atoms. The van der Waals surface area contributed by atoms with E-state index in [1.807, 2.05) is 50.4 Å². The Hall–Kier alpha value is -2.03. The quantitative estimate of drug-likeness (QED) is 0.240. The summed E-state index contributed by atoms with van der Waals surface area (Å²) in [7, 11) is 1.95. The van der Waals surface area contributed by atoms with Crippen molar-refractivity contribution in [3.8, 4) is 0 Å². The summed E-state index contributed by atoms with van der Waals surface area (Å²) < 4.78 is 14.3. The molecule has 2 aromatic carbocycles. The van der Waals surface area contributed by atoms with Gasteiger partial charge >= 0.3 is 5.97 Å². The summed E-state index contributed by atoms with van der Waals surface area (Å²) in [5, 5.41) is 12.3. The topological polar surface area (TPSA) is 56.7 Å². The molecular formula is C34H42Cl2FN3O2S. The Bertz CT molecular complexity index is 1420. The minimum atomic E-state index is -0.775. The van der Waals surface area contributed by atoms with Crippen molar-refractivity contribution in [3.05, 3.63) is 85.0 Å². The fraction of sp³-hybridized carbons (Fsp3) is 0.529. The number of aliphatic carboxylic acids is 1. The first-order valence-electron chi connectivity index (χ1n) is 15.3. The fourth-order valence-electron chi connectivity index (χ4n) is 7.39. The Labute approximate surface area is 269 Å². The van der Waals surface area contributed by atoms with Crippen LogP contribution < -0.4 is 0 Å². The highest BCUT2D eigenvalue weighted by Gasteiger charge is 2.42. The number of likely N-dealkylation sites (tertiary alicyclic amines) is 1. The van der Waals surface area contributed by atoms with Crippen LogP contribution in [0, 0.1) is 24.6 Å². The van der Waals surface area contributed by atoms with Crippen LogP contribution in [0.2, 0.25) is 10.0 Å². The molecule has 9 heteroatoms. The van der Waals surface area contributed by atoms with Crippen LogP contribution in [0.3, 0.4) is 0 Å². The van der Waals surface area contributed by atoms with E-state index in [4.69, 9.17) is 28.2 Å². The number of hydrogen-bond donors (Lipinski definition) is 1. The Kier molecular flexibility index (Phi) is 10.5. The molecule has 4 atom stereocenters. The standard InChI is InChI=1S/C34H42Cl2FN3O2S/c1-20(2)32(34(41)42)39(4)28-15-25(29(18-28)23-6-5-7-27(37)14-23)19-40-12-10-22(11-13-40)33-21(3)38-31(43-33)16-24-8-9-26(35)17-30(24)36/h5-9,14,17,20,22,25,28-29,32H,10-13,15-16,18-19H2,1-4H3,(H,41,42)/t25?,28?,29?,32-/m1/s1. The highest BCUT2D eigenvalue weighted by molar-refractivity contribution is 7.11. The first kappa shape index (κ1) is 32.4. The molecule has 0 amide bonds. The number of thiazole rings is 1. The molecule has 3 aromatic rings. The van der Waals surface area contributed by atoms with Crippen LogP contribution >= 0.6 is 34.5 Å².